The van der Waals surface area contributed by atoms with Gasteiger partial charge in [-0.25, -0.2) is 4.98 Å². The molecule has 1 aromatic rings. The summed E-state index contributed by atoms with van der Waals surface area (Å²) in [5.41, 5.74) is 5.74. The highest BCUT2D eigenvalue weighted by molar-refractivity contribution is 4.78. The lowest BCUT2D eigenvalue weighted by atomic mass is 9.97. The number of imidazole rings is 1. The summed E-state index contributed by atoms with van der Waals surface area (Å²) in [6.07, 6.45) is 9.46. The van der Waals surface area contributed by atoms with Crippen LogP contribution in [0.15, 0.2) is 18.7 Å². The molecule has 1 saturated carbocycles. The van der Waals surface area contributed by atoms with Gasteiger partial charge in [0.2, 0.25) is 0 Å². The average molecular weight is 223 g/mol. The summed E-state index contributed by atoms with van der Waals surface area (Å²) in [5, 5.41) is 0. The monoisotopic (exact) mass is 223 g/mol. The highest BCUT2D eigenvalue weighted by Crippen LogP contribution is 2.30. The van der Waals surface area contributed by atoms with Crippen LogP contribution in [0.3, 0.4) is 0 Å². The highest BCUT2D eigenvalue weighted by Gasteiger charge is 2.25. The van der Waals surface area contributed by atoms with Crippen molar-refractivity contribution in [2.45, 2.75) is 25.8 Å². The van der Waals surface area contributed by atoms with E-state index in [9.17, 15) is 0 Å². The Kier molecular flexibility index (Phi) is 4.36. The maximum Gasteiger partial charge on any atom is 0.0946 e. The molecule has 0 saturated heterocycles. The summed E-state index contributed by atoms with van der Waals surface area (Å²) < 4.78 is 7.76. The second kappa shape index (κ2) is 6.01. The molecule has 16 heavy (non-hydrogen) atoms. The molecule has 2 N–H and O–H groups in total. The Morgan fingerprint density at radius 3 is 3.00 bits per heavy atom. The molecule has 0 aliphatic heterocycles. The molecule has 1 fully saturated rings. The molecule has 1 aliphatic rings. The van der Waals surface area contributed by atoms with Crippen LogP contribution in [0.2, 0.25) is 0 Å². The number of ether oxygens (including phenoxy) is 1. The lowest BCUT2D eigenvalue weighted by Gasteiger charge is -2.17. The zero-order chi connectivity index (χ0) is 11.2. The van der Waals surface area contributed by atoms with Crippen molar-refractivity contribution in [2.75, 3.05) is 19.8 Å². The van der Waals surface area contributed by atoms with Crippen LogP contribution in [0.4, 0.5) is 0 Å². The van der Waals surface area contributed by atoms with Crippen LogP contribution in [0.1, 0.15) is 19.3 Å². The molecule has 0 spiro atoms. The third-order valence-electron chi connectivity index (χ3n) is 3.50. The first-order chi connectivity index (χ1) is 7.90. The molecule has 1 aromatic heterocycles. The fourth-order valence-corrected chi connectivity index (χ4v) is 2.47. The molecule has 2 rings (SSSR count). The van der Waals surface area contributed by atoms with Crippen molar-refractivity contribution in [3.05, 3.63) is 18.7 Å². The fraction of sp³-hybridized carbons (Fsp3) is 0.750. The fourth-order valence-electron chi connectivity index (χ4n) is 2.47. The van der Waals surface area contributed by atoms with E-state index in [1.807, 2.05) is 17.1 Å². The molecule has 0 bridgehead atoms. The van der Waals surface area contributed by atoms with Gasteiger partial charge < -0.3 is 15.0 Å². The van der Waals surface area contributed by atoms with E-state index in [4.69, 9.17) is 10.5 Å². The van der Waals surface area contributed by atoms with Gasteiger partial charge in [-0.2, -0.15) is 0 Å². The van der Waals surface area contributed by atoms with Gasteiger partial charge in [0.05, 0.1) is 12.9 Å². The Bertz CT molecular complexity index is 286. The van der Waals surface area contributed by atoms with Crippen molar-refractivity contribution in [2.24, 2.45) is 17.6 Å². The van der Waals surface area contributed by atoms with Gasteiger partial charge in [-0.05, 0) is 31.2 Å². The largest absolute Gasteiger partial charge is 0.379 e. The van der Waals surface area contributed by atoms with Gasteiger partial charge in [-0.1, -0.05) is 6.42 Å². The van der Waals surface area contributed by atoms with E-state index in [0.29, 0.717) is 11.8 Å². The van der Waals surface area contributed by atoms with Crippen LogP contribution in [-0.4, -0.2) is 29.3 Å². The summed E-state index contributed by atoms with van der Waals surface area (Å²) in [6, 6.07) is 0. The number of nitrogens with two attached hydrogens (primary N) is 1. The van der Waals surface area contributed by atoms with Gasteiger partial charge in [-0.15, -0.1) is 0 Å². The smallest absolute Gasteiger partial charge is 0.0946 e. The number of rotatable bonds is 6. The maximum atomic E-state index is 5.74. The van der Waals surface area contributed by atoms with Crippen LogP contribution in [0.5, 0.6) is 0 Å². The van der Waals surface area contributed by atoms with Crippen molar-refractivity contribution in [3.63, 3.8) is 0 Å². The maximum absolute atomic E-state index is 5.74. The topological polar surface area (TPSA) is 53.1 Å². The lowest BCUT2D eigenvalue weighted by Crippen LogP contribution is -2.22. The average Bonchev–Trinajstić information content (AvgIpc) is 2.95. The van der Waals surface area contributed by atoms with E-state index in [1.54, 1.807) is 6.20 Å². The minimum atomic E-state index is 0.688. The molecule has 0 amide bonds. The Morgan fingerprint density at radius 2 is 2.25 bits per heavy atom. The predicted molar refractivity (Wildman–Crippen MR) is 62.9 cm³/mol. The van der Waals surface area contributed by atoms with Crippen LogP contribution >= 0.6 is 0 Å². The summed E-state index contributed by atoms with van der Waals surface area (Å²) in [7, 11) is 0. The minimum absolute atomic E-state index is 0.688. The number of hydrogen-bond donors (Lipinski definition) is 1. The zero-order valence-electron chi connectivity index (χ0n) is 9.72. The quantitative estimate of drug-likeness (QED) is 0.739. The Morgan fingerprint density at radius 1 is 1.38 bits per heavy atom. The van der Waals surface area contributed by atoms with E-state index in [-0.39, 0.29) is 0 Å². The first-order valence-electron chi connectivity index (χ1n) is 6.13. The second-order valence-corrected chi connectivity index (χ2v) is 4.56. The van der Waals surface area contributed by atoms with Crippen LogP contribution in [0.25, 0.3) is 0 Å². The summed E-state index contributed by atoms with van der Waals surface area (Å²) >= 11 is 0. The highest BCUT2D eigenvalue weighted by atomic mass is 16.5. The van der Waals surface area contributed by atoms with Crippen molar-refractivity contribution in [1.82, 2.24) is 9.55 Å². The third-order valence-corrected chi connectivity index (χ3v) is 3.50. The van der Waals surface area contributed by atoms with Crippen molar-refractivity contribution in [3.8, 4) is 0 Å². The van der Waals surface area contributed by atoms with Crippen LogP contribution in [0, 0.1) is 11.8 Å². The zero-order valence-corrected chi connectivity index (χ0v) is 9.72. The van der Waals surface area contributed by atoms with Crippen LogP contribution in [-0.2, 0) is 11.3 Å². The second-order valence-electron chi connectivity index (χ2n) is 4.56. The van der Waals surface area contributed by atoms with E-state index < -0.39 is 0 Å². The molecular weight excluding hydrogens is 202 g/mol. The third kappa shape index (κ3) is 3.06. The number of aromatic nitrogens is 2. The van der Waals surface area contributed by atoms with Gasteiger partial charge in [0, 0.05) is 25.5 Å². The molecule has 4 nitrogen and oxygen atoms in total. The molecule has 2 atom stereocenters. The molecule has 1 heterocycles. The Hall–Kier alpha value is -0.870. The standard InChI is InChI=1S/C12H21N3O/c13-8-11-2-1-3-12(11)9-16-7-6-15-5-4-14-10-15/h4-5,10-12H,1-3,6-9,13H2. The Labute approximate surface area is 96.8 Å². The van der Waals surface area contributed by atoms with E-state index in [1.165, 1.54) is 19.3 Å². The number of nitrogens with zero attached hydrogens (tertiary/aromatic N) is 2. The summed E-state index contributed by atoms with van der Waals surface area (Å²) in [5.74, 6) is 1.38. The molecule has 0 radical (unpaired) electrons. The van der Waals surface area contributed by atoms with Gasteiger partial charge in [0.15, 0.2) is 0 Å². The summed E-state index contributed by atoms with van der Waals surface area (Å²) in [6.45, 7) is 3.34. The van der Waals surface area contributed by atoms with Gasteiger partial charge in [-0.3, -0.25) is 0 Å². The Balaban J connectivity index is 1.61. The van der Waals surface area contributed by atoms with Crippen molar-refractivity contribution in [1.29, 1.82) is 0 Å². The SMILES string of the molecule is NCC1CCCC1COCCn1ccnc1. The molecule has 90 valence electrons. The molecule has 2 unspecified atom stereocenters. The molecule has 1 aliphatic carbocycles. The van der Waals surface area contributed by atoms with Gasteiger partial charge in [0.1, 0.15) is 0 Å². The molecular formula is C12H21N3O. The van der Waals surface area contributed by atoms with Crippen LogP contribution < -0.4 is 5.73 Å². The van der Waals surface area contributed by atoms with Gasteiger partial charge >= 0.3 is 0 Å². The van der Waals surface area contributed by atoms with E-state index in [0.717, 1.165) is 26.3 Å². The predicted octanol–water partition coefficient (Wildman–Crippen LogP) is 1.27. The van der Waals surface area contributed by atoms with E-state index >= 15 is 0 Å². The first-order valence-corrected chi connectivity index (χ1v) is 6.13. The van der Waals surface area contributed by atoms with Crippen molar-refractivity contribution >= 4 is 0 Å². The van der Waals surface area contributed by atoms with E-state index in [2.05, 4.69) is 4.98 Å². The molecule has 0 aromatic carbocycles. The number of hydrogen-bond acceptors (Lipinski definition) is 3. The molecule has 4 heteroatoms. The lowest BCUT2D eigenvalue weighted by molar-refractivity contribution is 0.0813. The first kappa shape index (κ1) is 11.6. The normalized spacial score (nSPS) is 25.1. The van der Waals surface area contributed by atoms with Crippen molar-refractivity contribution < 1.29 is 4.74 Å². The van der Waals surface area contributed by atoms with Gasteiger partial charge in [0.25, 0.3) is 0 Å². The summed E-state index contributed by atoms with van der Waals surface area (Å²) in [4.78, 5) is 3.99. The minimum Gasteiger partial charge on any atom is -0.379 e.